The van der Waals surface area contributed by atoms with Crippen LogP contribution in [0, 0.1) is 5.82 Å². The summed E-state index contributed by atoms with van der Waals surface area (Å²) in [6.45, 7) is 1.69. The predicted octanol–water partition coefficient (Wildman–Crippen LogP) is 1.13. The Kier molecular flexibility index (Phi) is 3.36. The highest BCUT2D eigenvalue weighted by atomic mass is 19.1. The summed E-state index contributed by atoms with van der Waals surface area (Å²) in [5.74, 6) is -1.42. The molecular formula is C10H13FN2O2. The van der Waals surface area contributed by atoms with Crippen molar-refractivity contribution in [1.29, 1.82) is 0 Å². The number of aromatic nitrogens is 1. The van der Waals surface area contributed by atoms with E-state index in [1.807, 2.05) is 0 Å². The summed E-state index contributed by atoms with van der Waals surface area (Å²) < 4.78 is 12.9. The highest BCUT2D eigenvalue weighted by Crippen LogP contribution is 2.23. The van der Waals surface area contributed by atoms with Gasteiger partial charge in [0, 0.05) is 6.20 Å². The number of hydrogen-bond donors (Lipinski definition) is 2. The molecule has 82 valence electrons. The monoisotopic (exact) mass is 212 g/mol. The van der Waals surface area contributed by atoms with E-state index in [1.54, 1.807) is 14.0 Å². The quantitative estimate of drug-likeness (QED) is 0.785. The van der Waals surface area contributed by atoms with Gasteiger partial charge < -0.3 is 10.4 Å². The number of carboxylic acid groups (broad SMARTS) is 1. The molecule has 0 aromatic carbocycles. The molecule has 0 aliphatic heterocycles. The van der Waals surface area contributed by atoms with Gasteiger partial charge in [-0.25, -0.2) is 4.39 Å². The third-order valence-corrected chi connectivity index (χ3v) is 2.40. The topological polar surface area (TPSA) is 62.2 Å². The Hall–Kier alpha value is -1.49. The molecule has 0 saturated carbocycles. The largest absolute Gasteiger partial charge is 0.481 e. The highest BCUT2D eigenvalue weighted by molar-refractivity contribution is 5.68. The van der Waals surface area contributed by atoms with Crippen molar-refractivity contribution in [3.8, 4) is 0 Å². The van der Waals surface area contributed by atoms with E-state index in [0.29, 0.717) is 5.56 Å². The van der Waals surface area contributed by atoms with Gasteiger partial charge in [-0.05, 0) is 25.6 Å². The SMILES string of the molecule is CNC(C)(CC(=O)O)c1cncc(F)c1. The summed E-state index contributed by atoms with van der Waals surface area (Å²) in [6, 6.07) is 1.28. The summed E-state index contributed by atoms with van der Waals surface area (Å²) in [7, 11) is 1.63. The zero-order valence-electron chi connectivity index (χ0n) is 8.62. The standard InChI is InChI=1S/C10H13FN2O2/c1-10(12-2,4-9(14)15)7-3-8(11)6-13-5-7/h3,5-6,12H,4H2,1-2H3,(H,14,15). The molecule has 15 heavy (non-hydrogen) atoms. The zero-order valence-corrected chi connectivity index (χ0v) is 8.62. The van der Waals surface area contributed by atoms with E-state index in [2.05, 4.69) is 10.3 Å². The highest BCUT2D eigenvalue weighted by Gasteiger charge is 2.28. The smallest absolute Gasteiger partial charge is 0.305 e. The summed E-state index contributed by atoms with van der Waals surface area (Å²) >= 11 is 0. The van der Waals surface area contributed by atoms with Crippen LogP contribution in [0.25, 0.3) is 0 Å². The number of nitrogens with zero attached hydrogens (tertiary/aromatic N) is 1. The minimum atomic E-state index is -0.948. The van der Waals surface area contributed by atoms with Gasteiger partial charge in [-0.2, -0.15) is 0 Å². The molecule has 1 aromatic rings. The number of carboxylic acids is 1. The third kappa shape index (κ3) is 2.73. The first-order chi connectivity index (χ1) is 6.98. The molecule has 1 unspecified atom stereocenters. The van der Waals surface area contributed by atoms with Crippen molar-refractivity contribution in [2.75, 3.05) is 7.05 Å². The first kappa shape index (κ1) is 11.6. The summed E-state index contributed by atoms with van der Waals surface area (Å²) in [4.78, 5) is 14.4. The maximum atomic E-state index is 12.9. The van der Waals surface area contributed by atoms with Crippen LogP contribution in [0.5, 0.6) is 0 Å². The van der Waals surface area contributed by atoms with Crippen molar-refractivity contribution < 1.29 is 14.3 Å². The second-order valence-corrected chi connectivity index (χ2v) is 3.54. The van der Waals surface area contributed by atoms with E-state index < -0.39 is 17.3 Å². The number of nitrogens with one attached hydrogen (secondary N) is 1. The van der Waals surface area contributed by atoms with Gasteiger partial charge in [0.15, 0.2) is 0 Å². The van der Waals surface area contributed by atoms with Gasteiger partial charge in [0.25, 0.3) is 0 Å². The number of carbonyl (C=O) groups is 1. The third-order valence-electron chi connectivity index (χ3n) is 2.40. The van der Waals surface area contributed by atoms with E-state index >= 15 is 0 Å². The number of rotatable bonds is 4. The van der Waals surface area contributed by atoms with Crippen molar-refractivity contribution in [2.24, 2.45) is 0 Å². The Morgan fingerprint density at radius 2 is 2.33 bits per heavy atom. The second kappa shape index (κ2) is 4.35. The van der Waals surface area contributed by atoms with E-state index in [9.17, 15) is 9.18 Å². The maximum absolute atomic E-state index is 12.9. The van der Waals surface area contributed by atoms with Gasteiger partial charge in [-0.1, -0.05) is 0 Å². The number of hydrogen-bond acceptors (Lipinski definition) is 3. The van der Waals surface area contributed by atoms with Crippen LogP contribution in [0.15, 0.2) is 18.5 Å². The molecule has 0 aliphatic carbocycles. The Balaban J connectivity index is 3.05. The van der Waals surface area contributed by atoms with Gasteiger partial charge in [-0.3, -0.25) is 9.78 Å². The maximum Gasteiger partial charge on any atom is 0.305 e. The van der Waals surface area contributed by atoms with Crippen molar-refractivity contribution in [3.63, 3.8) is 0 Å². The van der Waals surface area contributed by atoms with Crippen LogP contribution in [-0.4, -0.2) is 23.1 Å². The molecule has 0 fully saturated rings. The van der Waals surface area contributed by atoms with Crippen molar-refractivity contribution >= 4 is 5.97 Å². The van der Waals surface area contributed by atoms with E-state index in [4.69, 9.17) is 5.11 Å². The van der Waals surface area contributed by atoms with Crippen LogP contribution in [-0.2, 0) is 10.3 Å². The summed E-state index contributed by atoms with van der Waals surface area (Å²) in [5, 5.41) is 11.6. The Morgan fingerprint density at radius 1 is 1.67 bits per heavy atom. The first-order valence-electron chi connectivity index (χ1n) is 4.49. The molecule has 0 saturated heterocycles. The Morgan fingerprint density at radius 3 is 2.80 bits per heavy atom. The predicted molar refractivity (Wildman–Crippen MR) is 52.9 cm³/mol. The minimum Gasteiger partial charge on any atom is -0.481 e. The number of aliphatic carboxylic acids is 1. The molecule has 2 N–H and O–H groups in total. The van der Waals surface area contributed by atoms with Crippen LogP contribution >= 0.6 is 0 Å². The fourth-order valence-electron chi connectivity index (χ4n) is 1.35. The van der Waals surface area contributed by atoms with E-state index in [-0.39, 0.29) is 6.42 Å². The molecule has 1 heterocycles. The van der Waals surface area contributed by atoms with Gasteiger partial charge in [-0.15, -0.1) is 0 Å². The molecular weight excluding hydrogens is 199 g/mol. The lowest BCUT2D eigenvalue weighted by molar-refractivity contribution is -0.138. The summed E-state index contributed by atoms with van der Waals surface area (Å²) in [6.07, 6.45) is 2.41. The summed E-state index contributed by atoms with van der Waals surface area (Å²) in [5.41, 5.74) is -0.284. The lowest BCUT2D eigenvalue weighted by Crippen LogP contribution is -2.39. The van der Waals surface area contributed by atoms with Crippen LogP contribution in [0.2, 0.25) is 0 Å². The lowest BCUT2D eigenvalue weighted by Gasteiger charge is -2.27. The fourth-order valence-corrected chi connectivity index (χ4v) is 1.35. The van der Waals surface area contributed by atoms with Crippen LogP contribution in [0.1, 0.15) is 18.9 Å². The van der Waals surface area contributed by atoms with Gasteiger partial charge in [0.2, 0.25) is 0 Å². The van der Waals surface area contributed by atoms with Gasteiger partial charge in [0.1, 0.15) is 5.82 Å². The van der Waals surface area contributed by atoms with Crippen LogP contribution in [0.4, 0.5) is 4.39 Å². The number of halogens is 1. The molecule has 0 amide bonds. The molecule has 0 spiro atoms. The molecule has 5 heteroatoms. The molecule has 1 aromatic heterocycles. The van der Waals surface area contributed by atoms with Gasteiger partial charge >= 0.3 is 5.97 Å². The fraction of sp³-hybridized carbons (Fsp3) is 0.400. The molecule has 1 rings (SSSR count). The van der Waals surface area contributed by atoms with Gasteiger partial charge in [0.05, 0.1) is 18.2 Å². The zero-order chi connectivity index (χ0) is 11.5. The van der Waals surface area contributed by atoms with Crippen LogP contribution < -0.4 is 5.32 Å². The molecule has 0 aliphatic rings. The van der Waals surface area contributed by atoms with Crippen molar-refractivity contribution in [3.05, 3.63) is 29.8 Å². The first-order valence-corrected chi connectivity index (χ1v) is 4.49. The molecule has 0 radical (unpaired) electrons. The van der Waals surface area contributed by atoms with E-state index in [1.165, 1.54) is 12.3 Å². The molecule has 4 nitrogen and oxygen atoms in total. The Labute approximate surface area is 87.1 Å². The Bertz CT molecular complexity index is 370. The number of pyridine rings is 1. The molecule has 0 bridgehead atoms. The minimum absolute atomic E-state index is 0.130. The average Bonchev–Trinajstić information content (AvgIpc) is 2.16. The second-order valence-electron chi connectivity index (χ2n) is 3.54. The van der Waals surface area contributed by atoms with E-state index in [0.717, 1.165) is 6.20 Å². The average molecular weight is 212 g/mol. The lowest BCUT2D eigenvalue weighted by atomic mass is 9.90. The molecule has 1 atom stereocenters. The normalized spacial score (nSPS) is 14.6. The van der Waals surface area contributed by atoms with Crippen molar-refractivity contribution in [2.45, 2.75) is 18.9 Å². The van der Waals surface area contributed by atoms with Crippen molar-refractivity contribution in [1.82, 2.24) is 10.3 Å². The van der Waals surface area contributed by atoms with Crippen LogP contribution in [0.3, 0.4) is 0 Å².